The topological polar surface area (TPSA) is 81.5 Å². The van der Waals surface area contributed by atoms with Gasteiger partial charge in [0, 0.05) is 20.6 Å². The summed E-state index contributed by atoms with van der Waals surface area (Å²) >= 11 is 5.93. The first-order chi connectivity index (χ1) is 9.73. The van der Waals surface area contributed by atoms with Crippen molar-refractivity contribution in [2.45, 2.75) is 11.8 Å². The first kappa shape index (κ1) is 17.4. The molecule has 0 saturated heterocycles. The maximum atomic E-state index is 12.6. The number of nitriles is 1. The van der Waals surface area contributed by atoms with Crippen LogP contribution in [-0.4, -0.2) is 50.7 Å². The lowest BCUT2D eigenvalue weighted by atomic mass is 10.2. The Hall–Kier alpha value is -1.62. The summed E-state index contributed by atoms with van der Waals surface area (Å²) in [5.74, 6) is -0.340. The van der Waals surface area contributed by atoms with Gasteiger partial charge in [0.25, 0.3) is 0 Å². The Morgan fingerprint density at radius 2 is 2.00 bits per heavy atom. The third-order valence-corrected chi connectivity index (χ3v) is 5.24. The molecule has 0 aromatic heterocycles. The van der Waals surface area contributed by atoms with E-state index in [4.69, 9.17) is 16.9 Å². The minimum absolute atomic E-state index is 0.0183. The number of rotatable bonds is 5. The van der Waals surface area contributed by atoms with Gasteiger partial charge in [-0.3, -0.25) is 4.79 Å². The Morgan fingerprint density at radius 1 is 1.38 bits per heavy atom. The summed E-state index contributed by atoms with van der Waals surface area (Å²) < 4.78 is 26.2. The second-order valence-electron chi connectivity index (χ2n) is 4.48. The van der Waals surface area contributed by atoms with Gasteiger partial charge in [-0.05, 0) is 18.2 Å². The van der Waals surface area contributed by atoms with E-state index in [1.807, 2.05) is 6.07 Å². The standard InChI is InChI=1S/C13H16ClN3O3S/c1-4-17(9-13(18)16(2)3)21(19,20)12-7-10(8-15)5-6-11(12)14/h5-7H,4,9H2,1-3H3. The number of nitrogens with zero attached hydrogens (tertiary/aromatic N) is 3. The fraction of sp³-hybridized carbons (Fsp3) is 0.385. The van der Waals surface area contributed by atoms with E-state index in [9.17, 15) is 13.2 Å². The van der Waals surface area contributed by atoms with Crippen LogP contribution in [0.15, 0.2) is 23.1 Å². The molecule has 1 aromatic carbocycles. The molecule has 6 nitrogen and oxygen atoms in total. The minimum atomic E-state index is -3.94. The van der Waals surface area contributed by atoms with Crippen LogP contribution in [0.1, 0.15) is 12.5 Å². The minimum Gasteiger partial charge on any atom is -0.348 e. The van der Waals surface area contributed by atoms with Gasteiger partial charge in [-0.1, -0.05) is 18.5 Å². The monoisotopic (exact) mass is 329 g/mol. The molecule has 1 aromatic rings. The Bertz CT molecular complexity index is 680. The Balaban J connectivity index is 3.25. The van der Waals surface area contributed by atoms with Gasteiger partial charge in [0.05, 0.1) is 23.2 Å². The van der Waals surface area contributed by atoms with E-state index in [1.54, 1.807) is 21.0 Å². The summed E-state index contributed by atoms with van der Waals surface area (Å²) in [5, 5.41) is 8.89. The number of hydrogen-bond donors (Lipinski definition) is 0. The highest BCUT2D eigenvalue weighted by atomic mass is 35.5. The molecule has 0 aliphatic heterocycles. The first-order valence-electron chi connectivity index (χ1n) is 6.14. The van der Waals surface area contributed by atoms with Crippen LogP contribution in [0.25, 0.3) is 0 Å². The van der Waals surface area contributed by atoms with E-state index >= 15 is 0 Å². The predicted molar refractivity (Wildman–Crippen MR) is 79.3 cm³/mol. The van der Waals surface area contributed by atoms with Crippen LogP contribution in [0.2, 0.25) is 5.02 Å². The van der Waals surface area contributed by atoms with Gasteiger partial charge >= 0.3 is 0 Å². The van der Waals surface area contributed by atoms with Crippen molar-refractivity contribution in [3.05, 3.63) is 28.8 Å². The molecule has 21 heavy (non-hydrogen) atoms. The predicted octanol–water partition coefficient (Wildman–Crippen LogP) is 1.31. The molecule has 1 rings (SSSR count). The summed E-state index contributed by atoms with van der Waals surface area (Å²) in [5.41, 5.74) is 0.188. The van der Waals surface area contributed by atoms with E-state index in [1.165, 1.54) is 23.1 Å². The summed E-state index contributed by atoms with van der Waals surface area (Å²) in [6, 6.07) is 5.86. The lowest BCUT2D eigenvalue weighted by Gasteiger charge is -2.22. The van der Waals surface area contributed by atoms with Crippen molar-refractivity contribution in [3.8, 4) is 6.07 Å². The van der Waals surface area contributed by atoms with Crippen LogP contribution in [0.3, 0.4) is 0 Å². The molecule has 0 atom stereocenters. The summed E-state index contributed by atoms with van der Waals surface area (Å²) in [4.78, 5) is 12.9. The smallest absolute Gasteiger partial charge is 0.245 e. The van der Waals surface area contributed by atoms with E-state index in [-0.39, 0.29) is 34.5 Å². The molecule has 0 bridgehead atoms. The molecular weight excluding hydrogens is 314 g/mol. The zero-order chi connectivity index (χ0) is 16.2. The lowest BCUT2D eigenvalue weighted by molar-refractivity contribution is -0.128. The molecule has 0 radical (unpaired) electrons. The van der Waals surface area contributed by atoms with E-state index in [2.05, 4.69) is 0 Å². The SMILES string of the molecule is CCN(CC(=O)N(C)C)S(=O)(=O)c1cc(C#N)ccc1Cl. The molecule has 8 heteroatoms. The molecular formula is C13H16ClN3O3S. The second-order valence-corrected chi connectivity index (χ2v) is 6.79. The van der Waals surface area contributed by atoms with Gasteiger partial charge in [0.15, 0.2) is 0 Å². The van der Waals surface area contributed by atoms with Crippen LogP contribution in [0.5, 0.6) is 0 Å². The molecule has 0 spiro atoms. The number of hydrogen-bond acceptors (Lipinski definition) is 4. The quantitative estimate of drug-likeness (QED) is 0.815. The van der Waals surface area contributed by atoms with Crippen molar-refractivity contribution < 1.29 is 13.2 Å². The number of amides is 1. The summed E-state index contributed by atoms with van der Waals surface area (Å²) in [6.45, 7) is 1.47. The van der Waals surface area contributed by atoms with Gasteiger partial charge in [-0.2, -0.15) is 9.57 Å². The number of carbonyl (C=O) groups is 1. The Morgan fingerprint density at radius 3 is 2.48 bits per heavy atom. The Labute approximate surface area is 129 Å². The van der Waals surface area contributed by atoms with Crippen LogP contribution in [0.4, 0.5) is 0 Å². The maximum Gasteiger partial charge on any atom is 0.245 e. The summed E-state index contributed by atoms with van der Waals surface area (Å²) in [7, 11) is -0.845. The molecule has 114 valence electrons. The molecule has 0 saturated carbocycles. The maximum absolute atomic E-state index is 12.6. The number of sulfonamides is 1. The molecule has 0 heterocycles. The highest BCUT2D eigenvalue weighted by molar-refractivity contribution is 7.89. The average Bonchev–Trinajstić information content (AvgIpc) is 2.44. The van der Waals surface area contributed by atoms with Crippen molar-refractivity contribution in [2.24, 2.45) is 0 Å². The highest BCUT2D eigenvalue weighted by Crippen LogP contribution is 2.25. The summed E-state index contributed by atoms with van der Waals surface area (Å²) in [6.07, 6.45) is 0. The molecule has 0 aliphatic carbocycles. The Kier molecular flexibility index (Phi) is 5.72. The van der Waals surface area contributed by atoms with Gasteiger partial charge in [0.2, 0.25) is 15.9 Å². The van der Waals surface area contributed by atoms with Crippen LogP contribution in [-0.2, 0) is 14.8 Å². The first-order valence-corrected chi connectivity index (χ1v) is 7.95. The van der Waals surface area contributed by atoms with E-state index in [0.717, 1.165) is 4.31 Å². The largest absolute Gasteiger partial charge is 0.348 e. The third-order valence-electron chi connectivity index (χ3n) is 2.84. The number of carbonyl (C=O) groups excluding carboxylic acids is 1. The van der Waals surface area contributed by atoms with Crippen LogP contribution < -0.4 is 0 Å². The fourth-order valence-corrected chi connectivity index (χ4v) is 3.47. The molecule has 0 N–H and O–H groups in total. The van der Waals surface area contributed by atoms with Crippen molar-refractivity contribution in [1.29, 1.82) is 5.26 Å². The molecule has 0 unspecified atom stereocenters. The number of halogens is 1. The van der Waals surface area contributed by atoms with Gasteiger partial charge in [-0.15, -0.1) is 0 Å². The lowest BCUT2D eigenvalue weighted by Crippen LogP contribution is -2.40. The van der Waals surface area contributed by atoms with Crippen LogP contribution >= 0.6 is 11.6 Å². The molecule has 0 aliphatic rings. The number of benzene rings is 1. The van der Waals surface area contributed by atoms with E-state index in [0.29, 0.717) is 0 Å². The van der Waals surface area contributed by atoms with Crippen molar-refractivity contribution in [1.82, 2.24) is 9.21 Å². The van der Waals surface area contributed by atoms with Gasteiger partial charge < -0.3 is 4.90 Å². The van der Waals surface area contributed by atoms with Crippen molar-refractivity contribution in [2.75, 3.05) is 27.2 Å². The number of likely N-dealkylation sites (N-methyl/N-ethyl adjacent to an activating group) is 2. The molecule has 1 amide bonds. The molecule has 0 fully saturated rings. The zero-order valence-corrected chi connectivity index (χ0v) is 13.6. The second kappa shape index (κ2) is 6.89. The van der Waals surface area contributed by atoms with Crippen molar-refractivity contribution >= 4 is 27.5 Å². The van der Waals surface area contributed by atoms with Gasteiger partial charge in [0.1, 0.15) is 4.90 Å². The third kappa shape index (κ3) is 3.94. The van der Waals surface area contributed by atoms with E-state index < -0.39 is 10.0 Å². The van der Waals surface area contributed by atoms with Crippen molar-refractivity contribution in [3.63, 3.8) is 0 Å². The normalized spacial score (nSPS) is 11.2. The highest BCUT2D eigenvalue weighted by Gasteiger charge is 2.28. The average molecular weight is 330 g/mol. The zero-order valence-electron chi connectivity index (χ0n) is 12.0. The van der Waals surface area contributed by atoms with Gasteiger partial charge in [-0.25, -0.2) is 8.42 Å². The fourth-order valence-electron chi connectivity index (χ4n) is 1.57. The van der Waals surface area contributed by atoms with Crippen LogP contribution in [0, 0.1) is 11.3 Å².